The van der Waals surface area contributed by atoms with Crippen LogP contribution >= 0.6 is 15.9 Å². The normalized spacial score (nSPS) is 13.4. The second kappa shape index (κ2) is 5.91. The molecule has 3 N–H and O–H groups in total. The molecule has 0 aliphatic heterocycles. The van der Waals surface area contributed by atoms with Crippen molar-refractivity contribution in [2.24, 2.45) is 0 Å². The van der Waals surface area contributed by atoms with Gasteiger partial charge >= 0.3 is 0 Å². The summed E-state index contributed by atoms with van der Waals surface area (Å²) in [5.74, 6) is 0.520. The number of phenols is 1. The topological polar surface area (TPSA) is 61.7 Å². The summed E-state index contributed by atoms with van der Waals surface area (Å²) in [6.07, 6.45) is -0.458. The van der Waals surface area contributed by atoms with E-state index in [2.05, 4.69) is 21.2 Å². The van der Waals surface area contributed by atoms with E-state index in [9.17, 15) is 10.2 Å². The van der Waals surface area contributed by atoms with Crippen molar-refractivity contribution in [1.29, 1.82) is 0 Å². The van der Waals surface area contributed by atoms with E-state index in [1.807, 2.05) is 19.9 Å². The molecule has 0 saturated heterocycles. The van der Waals surface area contributed by atoms with E-state index >= 15 is 0 Å². The highest BCUT2D eigenvalue weighted by molar-refractivity contribution is 9.10. The molecule has 1 rings (SSSR count). The minimum Gasteiger partial charge on any atom is -0.503 e. The monoisotopic (exact) mass is 317 g/mol. The molecule has 0 fully saturated rings. The van der Waals surface area contributed by atoms with Crippen LogP contribution in [0, 0.1) is 0 Å². The Morgan fingerprint density at radius 2 is 2.06 bits per heavy atom. The zero-order valence-corrected chi connectivity index (χ0v) is 12.7. The number of nitrogens with one attached hydrogen (secondary N) is 1. The number of hydrogen-bond donors (Lipinski definition) is 3. The van der Waals surface area contributed by atoms with Crippen molar-refractivity contribution < 1.29 is 14.9 Å². The lowest BCUT2D eigenvalue weighted by Gasteiger charge is -2.29. The number of ether oxygens (including phenoxy) is 1. The van der Waals surface area contributed by atoms with Crippen molar-refractivity contribution in [2.75, 3.05) is 7.11 Å². The Morgan fingerprint density at radius 3 is 2.56 bits per heavy atom. The van der Waals surface area contributed by atoms with Gasteiger partial charge < -0.3 is 20.3 Å². The Kier molecular flexibility index (Phi) is 5.01. The average Bonchev–Trinajstić information content (AvgIpc) is 2.30. The summed E-state index contributed by atoms with van der Waals surface area (Å²) in [6, 6.07) is 3.59. The summed E-state index contributed by atoms with van der Waals surface area (Å²) in [6.45, 7) is 6.20. The highest BCUT2D eigenvalue weighted by Crippen LogP contribution is 2.35. The van der Waals surface area contributed by atoms with Crippen molar-refractivity contribution in [3.63, 3.8) is 0 Å². The van der Waals surface area contributed by atoms with Gasteiger partial charge in [-0.3, -0.25) is 0 Å². The predicted octanol–water partition coefficient (Wildman–Crippen LogP) is 2.41. The Labute approximate surface area is 116 Å². The van der Waals surface area contributed by atoms with Gasteiger partial charge in [-0.25, -0.2) is 0 Å². The first kappa shape index (κ1) is 15.3. The number of phenolic OH excluding ortho intramolecular Hbond substituents is 1. The summed E-state index contributed by atoms with van der Waals surface area (Å²) >= 11 is 3.28. The number of rotatable bonds is 5. The molecule has 0 aliphatic rings. The van der Waals surface area contributed by atoms with Crippen molar-refractivity contribution in [1.82, 2.24) is 5.32 Å². The first-order chi connectivity index (χ1) is 8.27. The Balaban J connectivity index is 2.83. The van der Waals surface area contributed by atoms with Gasteiger partial charge in [0.05, 0.1) is 17.7 Å². The van der Waals surface area contributed by atoms with Crippen LogP contribution in [0.15, 0.2) is 16.6 Å². The molecule has 1 aromatic rings. The van der Waals surface area contributed by atoms with Crippen LogP contribution in [0.2, 0.25) is 0 Å². The minimum atomic E-state index is -0.458. The molecule has 102 valence electrons. The molecule has 0 radical (unpaired) electrons. The molecule has 5 heteroatoms. The summed E-state index contributed by atoms with van der Waals surface area (Å²) < 4.78 is 5.68. The molecule has 0 spiro atoms. The van der Waals surface area contributed by atoms with Gasteiger partial charge in [-0.05, 0) is 54.4 Å². The summed E-state index contributed by atoms with van der Waals surface area (Å²) in [5.41, 5.74) is 0.586. The molecular weight excluding hydrogens is 298 g/mol. The molecule has 18 heavy (non-hydrogen) atoms. The zero-order chi connectivity index (χ0) is 13.9. The maximum Gasteiger partial charge on any atom is 0.172 e. The molecule has 0 saturated carbocycles. The Morgan fingerprint density at radius 1 is 1.44 bits per heavy atom. The van der Waals surface area contributed by atoms with E-state index in [1.54, 1.807) is 13.0 Å². The van der Waals surface area contributed by atoms with Gasteiger partial charge in [0.1, 0.15) is 0 Å². The molecule has 1 unspecified atom stereocenters. The third-order valence-electron chi connectivity index (χ3n) is 3.10. The first-order valence-corrected chi connectivity index (χ1v) is 6.55. The zero-order valence-electron chi connectivity index (χ0n) is 11.1. The highest BCUT2D eigenvalue weighted by atomic mass is 79.9. The van der Waals surface area contributed by atoms with Crippen LogP contribution in [0.25, 0.3) is 0 Å². The summed E-state index contributed by atoms with van der Waals surface area (Å²) in [5, 5.41) is 22.6. The smallest absolute Gasteiger partial charge is 0.172 e. The standard InChI is InChI=1S/C13H20BrNO3/c1-8(16)13(2,3)15-7-9-5-10(14)12(17)11(6-9)18-4/h5-6,8,15-17H,7H2,1-4H3. The van der Waals surface area contributed by atoms with Gasteiger partial charge in [0, 0.05) is 12.1 Å². The van der Waals surface area contributed by atoms with E-state index in [1.165, 1.54) is 7.11 Å². The van der Waals surface area contributed by atoms with Gasteiger partial charge in [0.25, 0.3) is 0 Å². The van der Waals surface area contributed by atoms with Crippen LogP contribution in [-0.4, -0.2) is 29.0 Å². The number of benzene rings is 1. The quantitative estimate of drug-likeness (QED) is 0.780. The van der Waals surface area contributed by atoms with Crippen LogP contribution in [-0.2, 0) is 6.54 Å². The minimum absolute atomic E-state index is 0.0936. The first-order valence-electron chi connectivity index (χ1n) is 5.76. The fraction of sp³-hybridized carbons (Fsp3) is 0.538. The maximum absolute atomic E-state index is 9.71. The van der Waals surface area contributed by atoms with Gasteiger partial charge in [0.2, 0.25) is 0 Å². The van der Waals surface area contributed by atoms with Crippen molar-refractivity contribution in [3.05, 3.63) is 22.2 Å². The Bertz CT molecular complexity index is 419. The summed E-state index contributed by atoms with van der Waals surface area (Å²) in [4.78, 5) is 0. The lowest BCUT2D eigenvalue weighted by Crippen LogP contribution is -2.47. The molecule has 1 atom stereocenters. The van der Waals surface area contributed by atoms with Crippen molar-refractivity contribution in [2.45, 2.75) is 39.0 Å². The van der Waals surface area contributed by atoms with Crippen LogP contribution in [0.1, 0.15) is 26.3 Å². The predicted molar refractivity (Wildman–Crippen MR) is 75.0 cm³/mol. The molecule has 0 bridgehead atoms. The molecule has 1 aromatic carbocycles. The third-order valence-corrected chi connectivity index (χ3v) is 3.71. The van der Waals surface area contributed by atoms with E-state index in [0.29, 0.717) is 16.8 Å². The lowest BCUT2D eigenvalue weighted by molar-refractivity contribution is 0.0956. The van der Waals surface area contributed by atoms with E-state index in [-0.39, 0.29) is 11.3 Å². The molecular formula is C13H20BrNO3. The van der Waals surface area contributed by atoms with Crippen LogP contribution < -0.4 is 10.1 Å². The van der Waals surface area contributed by atoms with Crippen molar-refractivity contribution >= 4 is 15.9 Å². The lowest BCUT2D eigenvalue weighted by atomic mass is 9.98. The fourth-order valence-corrected chi connectivity index (χ4v) is 1.85. The number of halogens is 1. The molecule has 0 aliphatic carbocycles. The number of hydrogen-bond acceptors (Lipinski definition) is 4. The SMILES string of the molecule is COc1cc(CNC(C)(C)C(C)O)cc(Br)c1O. The maximum atomic E-state index is 9.71. The van der Waals surface area contributed by atoms with Crippen LogP contribution in [0.5, 0.6) is 11.5 Å². The van der Waals surface area contributed by atoms with Crippen molar-refractivity contribution in [3.8, 4) is 11.5 Å². The Hall–Kier alpha value is -0.780. The second-order valence-electron chi connectivity index (χ2n) is 4.88. The van der Waals surface area contributed by atoms with Gasteiger partial charge in [-0.15, -0.1) is 0 Å². The van der Waals surface area contributed by atoms with E-state index in [4.69, 9.17) is 4.74 Å². The largest absolute Gasteiger partial charge is 0.503 e. The number of aliphatic hydroxyl groups excluding tert-OH is 1. The van der Waals surface area contributed by atoms with Gasteiger partial charge in [-0.1, -0.05) is 0 Å². The molecule has 4 nitrogen and oxygen atoms in total. The van der Waals surface area contributed by atoms with E-state index < -0.39 is 6.10 Å². The van der Waals surface area contributed by atoms with Crippen LogP contribution in [0.4, 0.5) is 0 Å². The van der Waals surface area contributed by atoms with Gasteiger partial charge in [0.15, 0.2) is 11.5 Å². The molecule has 0 amide bonds. The number of aliphatic hydroxyl groups is 1. The molecule has 0 aromatic heterocycles. The highest BCUT2D eigenvalue weighted by Gasteiger charge is 2.23. The second-order valence-corrected chi connectivity index (χ2v) is 5.73. The summed E-state index contributed by atoms with van der Waals surface area (Å²) in [7, 11) is 1.51. The molecule has 0 heterocycles. The average molecular weight is 318 g/mol. The fourth-order valence-electron chi connectivity index (χ4n) is 1.36. The number of methoxy groups -OCH3 is 1. The number of aromatic hydroxyl groups is 1. The van der Waals surface area contributed by atoms with Gasteiger partial charge in [-0.2, -0.15) is 0 Å². The van der Waals surface area contributed by atoms with E-state index in [0.717, 1.165) is 5.56 Å². The third kappa shape index (κ3) is 3.60. The van der Waals surface area contributed by atoms with Crippen LogP contribution in [0.3, 0.4) is 0 Å².